The average Bonchev–Trinajstić information content (AvgIpc) is 3.36. The number of hydrogen-bond donors (Lipinski definition) is 2. The third-order valence-electron chi connectivity index (χ3n) is 6.23. The topological polar surface area (TPSA) is 83.0 Å². The number of piperidine rings is 1. The van der Waals surface area contributed by atoms with Gasteiger partial charge in [-0.3, -0.25) is 4.99 Å². The lowest BCUT2D eigenvalue weighted by Crippen LogP contribution is -2.47. The quantitative estimate of drug-likeness (QED) is 0.325. The molecule has 3 unspecified atom stereocenters. The van der Waals surface area contributed by atoms with Crippen LogP contribution in [0.4, 0.5) is 0 Å². The van der Waals surface area contributed by atoms with Crippen molar-refractivity contribution in [2.45, 2.75) is 62.2 Å². The Balaban J connectivity index is 0.00000256. The molecule has 2 N–H and O–H groups in total. The molecule has 2 bridgehead atoms. The molecule has 1 aromatic carbocycles. The van der Waals surface area contributed by atoms with Gasteiger partial charge in [0.05, 0.1) is 23.1 Å². The van der Waals surface area contributed by atoms with E-state index in [2.05, 4.69) is 17.6 Å². The maximum absolute atomic E-state index is 12.8. The summed E-state index contributed by atoms with van der Waals surface area (Å²) in [4.78, 5) is 5.18. The molecule has 30 heavy (non-hydrogen) atoms. The Hall–Kier alpha value is -0.910. The fraction of sp³-hybridized carbons (Fsp3) is 0.667. The number of aliphatic imine (C=N–C) groups is 1. The number of fused-ring (bicyclic) bond motifs is 2. The molecular weight excluding hydrogens is 515 g/mol. The third kappa shape index (κ3) is 5.46. The van der Waals surface area contributed by atoms with E-state index < -0.39 is 10.0 Å². The molecule has 3 heterocycles. The number of nitrogens with zero attached hydrogens (tertiary/aromatic N) is 2. The molecule has 3 atom stereocenters. The van der Waals surface area contributed by atoms with Gasteiger partial charge >= 0.3 is 0 Å². The van der Waals surface area contributed by atoms with Crippen molar-refractivity contribution in [3.05, 3.63) is 30.3 Å². The Kier molecular flexibility index (Phi) is 8.39. The van der Waals surface area contributed by atoms with E-state index in [1.54, 1.807) is 28.6 Å². The summed E-state index contributed by atoms with van der Waals surface area (Å²) in [5.41, 5.74) is 0. The SMILES string of the molecule is CCNC(=NCC1CCN(S(=O)(=O)c2ccccc2)CC1)NC1CC2CCC1O2.I. The number of halogens is 1. The van der Waals surface area contributed by atoms with Crippen LogP contribution in [0.25, 0.3) is 0 Å². The number of guanidine groups is 1. The van der Waals surface area contributed by atoms with Gasteiger partial charge < -0.3 is 15.4 Å². The van der Waals surface area contributed by atoms with Crippen LogP contribution < -0.4 is 10.6 Å². The molecule has 0 aromatic heterocycles. The van der Waals surface area contributed by atoms with Crippen molar-refractivity contribution >= 4 is 40.0 Å². The number of sulfonamides is 1. The fourth-order valence-corrected chi connectivity index (χ4v) is 6.07. The molecule has 0 saturated carbocycles. The molecule has 3 aliphatic heterocycles. The van der Waals surface area contributed by atoms with E-state index in [1.165, 1.54) is 6.42 Å². The van der Waals surface area contributed by atoms with Gasteiger partial charge in [-0.15, -0.1) is 24.0 Å². The first kappa shape index (κ1) is 23.7. The van der Waals surface area contributed by atoms with Crippen LogP contribution in [0.2, 0.25) is 0 Å². The van der Waals surface area contributed by atoms with Crippen molar-refractivity contribution in [2.24, 2.45) is 10.9 Å². The average molecular weight is 548 g/mol. The van der Waals surface area contributed by atoms with Crippen LogP contribution in [0.5, 0.6) is 0 Å². The van der Waals surface area contributed by atoms with E-state index in [4.69, 9.17) is 9.73 Å². The molecular formula is C21H33IN4O3S. The molecule has 3 fully saturated rings. The van der Waals surface area contributed by atoms with Gasteiger partial charge in [0.1, 0.15) is 0 Å². The van der Waals surface area contributed by atoms with E-state index >= 15 is 0 Å². The van der Waals surface area contributed by atoms with Gasteiger partial charge in [0.25, 0.3) is 0 Å². The number of ether oxygens (including phenoxy) is 1. The summed E-state index contributed by atoms with van der Waals surface area (Å²) in [6.45, 7) is 4.72. The summed E-state index contributed by atoms with van der Waals surface area (Å²) in [7, 11) is -3.39. The second kappa shape index (κ2) is 10.6. The van der Waals surface area contributed by atoms with Crippen molar-refractivity contribution in [3.63, 3.8) is 0 Å². The van der Waals surface area contributed by atoms with E-state index in [0.29, 0.717) is 42.2 Å². The van der Waals surface area contributed by atoms with Gasteiger partial charge in [0, 0.05) is 26.2 Å². The highest BCUT2D eigenvalue weighted by atomic mass is 127. The Labute approximate surface area is 197 Å². The van der Waals surface area contributed by atoms with Gasteiger partial charge in [-0.05, 0) is 57.1 Å². The summed E-state index contributed by atoms with van der Waals surface area (Å²) in [5.74, 6) is 1.26. The Morgan fingerprint density at radius 2 is 1.90 bits per heavy atom. The normalized spacial score (nSPS) is 27.6. The molecule has 1 aromatic rings. The fourth-order valence-electron chi connectivity index (χ4n) is 4.58. The van der Waals surface area contributed by atoms with Crippen molar-refractivity contribution in [3.8, 4) is 0 Å². The molecule has 0 aliphatic carbocycles. The first-order valence-electron chi connectivity index (χ1n) is 10.8. The molecule has 0 spiro atoms. The zero-order valence-electron chi connectivity index (χ0n) is 17.5. The summed E-state index contributed by atoms with van der Waals surface area (Å²) in [5, 5.41) is 6.89. The molecule has 3 saturated heterocycles. The number of rotatable bonds is 6. The highest BCUT2D eigenvalue weighted by Crippen LogP contribution is 2.34. The molecule has 0 amide bonds. The smallest absolute Gasteiger partial charge is 0.243 e. The predicted molar refractivity (Wildman–Crippen MR) is 129 cm³/mol. The Bertz CT molecular complexity index is 813. The minimum Gasteiger partial charge on any atom is -0.373 e. The van der Waals surface area contributed by atoms with Gasteiger partial charge in [-0.1, -0.05) is 18.2 Å². The van der Waals surface area contributed by atoms with E-state index in [9.17, 15) is 8.42 Å². The van der Waals surface area contributed by atoms with Crippen molar-refractivity contribution in [1.29, 1.82) is 0 Å². The van der Waals surface area contributed by atoms with E-state index in [0.717, 1.165) is 44.7 Å². The molecule has 9 heteroatoms. The number of hydrogen-bond acceptors (Lipinski definition) is 4. The lowest BCUT2D eigenvalue weighted by molar-refractivity contribution is 0.0992. The minimum absolute atomic E-state index is 0. The minimum atomic E-state index is -3.39. The zero-order valence-corrected chi connectivity index (χ0v) is 20.6. The summed E-state index contributed by atoms with van der Waals surface area (Å²) < 4.78 is 33.1. The Morgan fingerprint density at radius 3 is 2.50 bits per heavy atom. The van der Waals surface area contributed by atoms with Crippen molar-refractivity contribution < 1.29 is 13.2 Å². The Morgan fingerprint density at radius 1 is 1.17 bits per heavy atom. The molecule has 7 nitrogen and oxygen atoms in total. The van der Waals surface area contributed by atoms with Crippen molar-refractivity contribution in [2.75, 3.05) is 26.2 Å². The van der Waals surface area contributed by atoms with Crippen LogP contribution in [0.15, 0.2) is 40.2 Å². The highest BCUT2D eigenvalue weighted by Gasteiger charge is 2.41. The van der Waals surface area contributed by atoms with Gasteiger partial charge in [-0.25, -0.2) is 8.42 Å². The van der Waals surface area contributed by atoms with Crippen molar-refractivity contribution in [1.82, 2.24) is 14.9 Å². The second-order valence-corrected chi connectivity index (χ2v) is 10.2. The van der Waals surface area contributed by atoms with E-state index in [-0.39, 0.29) is 24.0 Å². The maximum Gasteiger partial charge on any atom is 0.243 e. The monoisotopic (exact) mass is 548 g/mol. The summed E-state index contributed by atoms with van der Waals surface area (Å²) >= 11 is 0. The van der Waals surface area contributed by atoms with E-state index in [1.807, 2.05) is 6.07 Å². The van der Waals surface area contributed by atoms with Crippen LogP contribution in [-0.4, -0.2) is 63.1 Å². The molecule has 3 aliphatic rings. The molecule has 4 rings (SSSR count). The largest absolute Gasteiger partial charge is 0.373 e. The van der Waals surface area contributed by atoms with Crippen LogP contribution in [0, 0.1) is 5.92 Å². The zero-order chi connectivity index (χ0) is 20.3. The maximum atomic E-state index is 12.8. The predicted octanol–water partition coefficient (Wildman–Crippen LogP) is 2.58. The van der Waals surface area contributed by atoms with Crippen LogP contribution in [0.1, 0.15) is 39.0 Å². The first-order valence-corrected chi connectivity index (χ1v) is 12.3. The summed E-state index contributed by atoms with van der Waals surface area (Å²) in [6, 6.07) is 9.06. The second-order valence-electron chi connectivity index (χ2n) is 8.24. The highest BCUT2D eigenvalue weighted by molar-refractivity contribution is 14.0. The first-order chi connectivity index (χ1) is 14.1. The van der Waals surface area contributed by atoms with Gasteiger partial charge in [0.2, 0.25) is 10.0 Å². The van der Waals surface area contributed by atoms with Gasteiger partial charge in [-0.2, -0.15) is 4.31 Å². The molecule has 0 radical (unpaired) electrons. The third-order valence-corrected chi connectivity index (χ3v) is 8.15. The summed E-state index contributed by atoms with van der Waals surface area (Å²) in [6.07, 6.45) is 5.78. The van der Waals surface area contributed by atoms with Crippen LogP contribution in [0.3, 0.4) is 0 Å². The van der Waals surface area contributed by atoms with Crippen LogP contribution >= 0.6 is 24.0 Å². The lowest BCUT2D eigenvalue weighted by atomic mass is 9.96. The molecule has 168 valence electrons. The van der Waals surface area contributed by atoms with Gasteiger partial charge in [0.15, 0.2) is 5.96 Å². The standard InChI is InChI=1S/C21H32N4O3S.HI/c1-2-22-21(24-19-14-17-8-9-20(19)28-17)23-15-16-10-12-25(13-11-16)29(26,27)18-6-4-3-5-7-18;/h3-7,16-17,19-20H,2,8-15H2,1H3,(H2,22,23,24);1H. The lowest BCUT2D eigenvalue weighted by Gasteiger charge is -2.30. The van der Waals surface area contributed by atoms with Crippen LogP contribution in [-0.2, 0) is 14.8 Å². The number of nitrogens with one attached hydrogen (secondary N) is 2. The number of benzene rings is 1.